The number of benzene rings is 1. The van der Waals surface area contributed by atoms with Crippen LogP contribution in [0, 0.1) is 11.3 Å². The summed E-state index contributed by atoms with van der Waals surface area (Å²) in [5.74, 6) is 0.742. The van der Waals surface area contributed by atoms with E-state index in [-0.39, 0.29) is 0 Å². The Morgan fingerprint density at radius 1 is 1.06 bits per heavy atom. The maximum absolute atomic E-state index is 10.7. The SMILES string of the molecule is CC(C)(C)[C@H]1CC[C@@](O)(c2ccccc2)CC1. The third-order valence-electron chi connectivity index (χ3n) is 4.35. The van der Waals surface area contributed by atoms with Gasteiger partial charge in [-0.25, -0.2) is 0 Å². The highest BCUT2D eigenvalue weighted by molar-refractivity contribution is 5.22. The molecular formula is C16H24O. The molecule has 0 unspecified atom stereocenters. The standard InChI is InChI=1S/C16H24O/c1-15(2,3)13-9-11-16(17,12-10-13)14-7-5-4-6-8-14/h4-8,13,17H,9-12H2,1-3H3/t13-,16-. The Bertz CT molecular complexity index is 353. The summed E-state index contributed by atoms with van der Waals surface area (Å²) in [4.78, 5) is 0. The van der Waals surface area contributed by atoms with E-state index in [9.17, 15) is 5.11 Å². The van der Waals surface area contributed by atoms with Gasteiger partial charge in [-0.15, -0.1) is 0 Å². The van der Waals surface area contributed by atoms with Crippen LogP contribution in [0.25, 0.3) is 0 Å². The predicted octanol–water partition coefficient (Wildman–Crippen LogP) is 4.11. The van der Waals surface area contributed by atoms with Gasteiger partial charge in [-0.05, 0) is 42.6 Å². The summed E-state index contributed by atoms with van der Waals surface area (Å²) >= 11 is 0. The summed E-state index contributed by atoms with van der Waals surface area (Å²) in [5, 5.41) is 10.7. The van der Waals surface area contributed by atoms with Gasteiger partial charge in [-0.3, -0.25) is 0 Å². The van der Waals surface area contributed by atoms with E-state index in [1.54, 1.807) is 0 Å². The summed E-state index contributed by atoms with van der Waals surface area (Å²) in [5.41, 5.74) is 0.883. The summed E-state index contributed by atoms with van der Waals surface area (Å²) < 4.78 is 0. The monoisotopic (exact) mass is 232 g/mol. The van der Waals surface area contributed by atoms with Crippen LogP contribution in [0.5, 0.6) is 0 Å². The summed E-state index contributed by atoms with van der Waals surface area (Å²) in [6.07, 6.45) is 4.07. The van der Waals surface area contributed by atoms with Gasteiger partial charge in [-0.1, -0.05) is 51.1 Å². The molecule has 0 radical (unpaired) electrons. The first-order valence-electron chi connectivity index (χ1n) is 6.70. The van der Waals surface area contributed by atoms with Crippen molar-refractivity contribution in [1.82, 2.24) is 0 Å². The van der Waals surface area contributed by atoms with E-state index in [1.807, 2.05) is 18.2 Å². The van der Waals surface area contributed by atoms with Gasteiger partial charge in [0.05, 0.1) is 5.60 Å². The average Bonchev–Trinajstić information content (AvgIpc) is 2.29. The normalized spacial score (nSPS) is 30.2. The van der Waals surface area contributed by atoms with Gasteiger partial charge in [0.25, 0.3) is 0 Å². The fraction of sp³-hybridized carbons (Fsp3) is 0.625. The Morgan fingerprint density at radius 2 is 1.59 bits per heavy atom. The second-order valence-corrected chi connectivity index (χ2v) is 6.54. The molecule has 1 nitrogen and oxygen atoms in total. The quantitative estimate of drug-likeness (QED) is 0.772. The first kappa shape index (κ1) is 12.6. The van der Waals surface area contributed by atoms with Gasteiger partial charge in [0.2, 0.25) is 0 Å². The van der Waals surface area contributed by atoms with Crippen molar-refractivity contribution in [1.29, 1.82) is 0 Å². The van der Waals surface area contributed by atoms with Gasteiger partial charge < -0.3 is 5.11 Å². The molecule has 1 saturated carbocycles. The van der Waals surface area contributed by atoms with Crippen molar-refractivity contribution in [2.75, 3.05) is 0 Å². The van der Waals surface area contributed by atoms with Crippen LogP contribution >= 0.6 is 0 Å². The maximum atomic E-state index is 10.7. The highest BCUT2D eigenvalue weighted by Gasteiger charge is 2.38. The first-order chi connectivity index (χ1) is 7.92. The van der Waals surface area contributed by atoms with E-state index < -0.39 is 5.60 Å². The van der Waals surface area contributed by atoms with Crippen molar-refractivity contribution in [3.8, 4) is 0 Å². The van der Waals surface area contributed by atoms with Gasteiger partial charge in [-0.2, -0.15) is 0 Å². The van der Waals surface area contributed by atoms with Crippen LogP contribution in [0.15, 0.2) is 30.3 Å². The molecular weight excluding hydrogens is 208 g/mol. The molecule has 0 bridgehead atoms. The van der Waals surface area contributed by atoms with Crippen molar-refractivity contribution in [3.63, 3.8) is 0 Å². The zero-order valence-corrected chi connectivity index (χ0v) is 11.2. The second kappa shape index (κ2) is 4.45. The van der Waals surface area contributed by atoms with Crippen LogP contribution in [0.4, 0.5) is 0 Å². The molecule has 0 heterocycles. The molecule has 0 aromatic heterocycles. The maximum Gasteiger partial charge on any atom is 0.0896 e. The lowest BCUT2D eigenvalue weighted by Crippen LogP contribution is -2.35. The number of hydrogen-bond donors (Lipinski definition) is 1. The number of hydrogen-bond acceptors (Lipinski definition) is 1. The van der Waals surface area contributed by atoms with Crippen molar-refractivity contribution >= 4 is 0 Å². The van der Waals surface area contributed by atoms with Crippen LogP contribution in [0.3, 0.4) is 0 Å². The highest BCUT2D eigenvalue weighted by atomic mass is 16.3. The molecule has 1 N–H and O–H groups in total. The fourth-order valence-electron chi connectivity index (χ4n) is 3.00. The average molecular weight is 232 g/mol. The van der Waals surface area contributed by atoms with Crippen LogP contribution in [-0.4, -0.2) is 5.11 Å². The molecule has 0 spiro atoms. The molecule has 1 aromatic rings. The second-order valence-electron chi connectivity index (χ2n) is 6.54. The van der Waals surface area contributed by atoms with Crippen LogP contribution in [0.2, 0.25) is 0 Å². The minimum absolute atomic E-state index is 0.373. The Morgan fingerprint density at radius 3 is 2.06 bits per heavy atom. The lowest BCUT2D eigenvalue weighted by atomic mass is 9.67. The molecule has 0 aliphatic heterocycles. The topological polar surface area (TPSA) is 20.2 Å². The van der Waals surface area contributed by atoms with Crippen LogP contribution < -0.4 is 0 Å². The molecule has 1 fully saturated rings. The van der Waals surface area contributed by atoms with Crippen molar-refractivity contribution in [2.45, 2.75) is 52.1 Å². The van der Waals surface area contributed by atoms with E-state index in [2.05, 4.69) is 32.9 Å². The van der Waals surface area contributed by atoms with E-state index in [1.165, 1.54) is 0 Å². The Kier molecular flexibility index (Phi) is 3.31. The van der Waals surface area contributed by atoms with Crippen LogP contribution in [-0.2, 0) is 5.60 Å². The summed E-state index contributed by atoms with van der Waals surface area (Å²) in [7, 11) is 0. The zero-order chi connectivity index (χ0) is 12.5. The van der Waals surface area contributed by atoms with Gasteiger partial charge in [0.15, 0.2) is 0 Å². The zero-order valence-electron chi connectivity index (χ0n) is 11.2. The van der Waals surface area contributed by atoms with E-state index in [4.69, 9.17) is 0 Å². The smallest absolute Gasteiger partial charge is 0.0896 e. The lowest BCUT2D eigenvalue weighted by Gasteiger charge is -2.41. The number of aliphatic hydroxyl groups is 1. The molecule has 2 rings (SSSR count). The molecule has 1 aliphatic carbocycles. The predicted molar refractivity (Wildman–Crippen MR) is 71.8 cm³/mol. The fourth-order valence-corrected chi connectivity index (χ4v) is 3.00. The van der Waals surface area contributed by atoms with E-state index in [0.29, 0.717) is 5.41 Å². The minimum Gasteiger partial charge on any atom is -0.385 e. The number of rotatable bonds is 1. The van der Waals surface area contributed by atoms with Crippen molar-refractivity contribution in [2.24, 2.45) is 11.3 Å². The Balaban J connectivity index is 2.08. The molecule has 94 valence electrons. The third kappa shape index (κ3) is 2.71. The van der Waals surface area contributed by atoms with Crippen molar-refractivity contribution < 1.29 is 5.11 Å². The largest absolute Gasteiger partial charge is 0.385 e. The highest BCUT2D eigenvalue weighted by Crippen LogP contribution is 2.45. The molecule has 1 heteroatoms. The molecule has 17 heavy (non-hydrogen) atoms. The molecule has 1 aromatic carbocycles. The molecule has 0 atom stereocenters. The van der Waals surface area contributed by atoms with Crippen LogP contribution in [0.1, 0.15) is 52.0 Å². The Hall–Kier alpha value is -0.820. The Labute approximate surface area is 105 Å². The van der Waals surface area contributed by atoms with Gasteiger partial charge >= 0.3 is 0 Å². The first-order valence-corrected chi connectivity index (χ1v) is 6.70. The molecule has 0 saturated heterocycles. The minimum atomic E-state index is -0.580. The van der Waals surface area contributed by atoms with E-state index >= 15 is 0 Å². The molecule has 1 aliphatic rings. The summed E-state index contributed by atoms with van der Waals surface area (Å²) in [6.45, 7) is 6.93. The van der Waals surface area contributed by atoms with E-state index in [0.717, 1.165) is 37.2 Å². The van der Waals surface area contributed by atoms with Gasteiger partial charge in [0, 0.05) is 0 Å². The van der Waals surface area contributed by atoms with Crippen molar-refractivity contribution in [3.05, 3.63) is 35.9 Å². The summed E-state index contributed by atoms with van der Waals surface area (Å²) in [6, 6.07) is 10.1. The lowest BCUT2D eigenvalue weighted by molar-refractivity contribution is -0.0297. The van der Waals surface area contributed by atoms with Gasteiger partial charge in [0.1, 0.15) is 0 Å². The molecule has 0 amide bonds. The third-order valence-corrected chi connectivity index (χ3v) is 4.35.